The van der Waals surface area contributed by atoms with Gasteiger partial charge in [-0.05, 0) is 18.7 Å². The Morgan fingerprint density at radius 1 is 1.38 bits per heavy atom. The largest absolute Gasteiger partial charge is 0.401 e. The third kappa shape index (κ3) is 4.81. The molecule has 6 heteroatoms. The molecule has 90 valence electrons. The predicted molar refractivity (Wildman–Crippen MR) is 56.3 cm³/mol. The quantitative estimate of drug-likeness (QED) is 0.766. The first kappa shape index (κ1) is 13.3. The van der Waals surface area contributed by atoms with E-state index in [1.54, 1.807) is 25.1 Å². The second-order valence-electron chi connectivity index (χ2n) is 3.37. The number of halogens is 4. The minimum Gasteiger partial charge on any atom is -0.289 e. The van der Waals surface area contributed by atoms with Gasteiger partial charge in [-0.15, -0.1) is 0 Å². The van der Waals surface area contributed by atoms with Gasteiger partial charge >= 0.3 is 6.18 Å². The van der Waals surface area contributed by atoms with Crippen LogP contribution in [-0.2, 0) is 6.54 Å². The van der Waals surface area contributed by atoms with Crippen molar-refractivity contribution < 1.29 is 13.2 Å². The van der Waals surface area contributed by atoms with Crippen LogP contribution in [0.1, 0.15) is 12.6 Å². The van der Waals surface area contributed by atoms with Gasteiger partial charge in [-0.2, -0.15) is 13.2 Å². The van der Waals surface area contributed by atoms with E-state index in [0.29, 0.717) is 17.4 Å². The fraction of sp³-hybridized carbons (Fsp3) is 0.500. The topological polar surface area (TPSA) is 16.1 Å². The van der Waals surface area contributed by atoms with E-state index < -0.39 is 12.7 Å². The van der Waals surface area contributed by atoms with Gasteiger partial charge in [0.2, 0.25) is 0 Å². The van der Waals surface area contributed by atoms with Crippen molar-refractivity contribution in [2.45, 2.75) is 19.6 Å². The monoisotopic (exact) mass is 252 g/mol. The molecule has 1 heterocycles. The summed E-state index contributed by atoms with van der Waals surface area (Å²) in [6.07, 6.45) is -4.19. The van der Waals surface area contributed by atoms with Gasteiger partial charge in [-0.25, -0.2) is 4.98 Å². The zero-order chi connectivity index (χ0) is 12.2. The Kier molecular flexibility index (Phi) is 4.56. The first-order valence-electron chi connectivity index (χ1n) is 4.81. The molecule has 0 aliphatic heterocycles. The zero-order valence-corrected chi connectivity index (χ0v) is 9.52. The molecule has 0 N–H and O–H groups in total. The number of hydrogen-bond donors (Lipinski definition) is 0. The molecule has 0 aliphatic carbocycles. The van der Waals surface area contributed by atoms with E-state index >= 15 is 0 Å². The Morgan fingerprint density at radius 3 is 2.56 bits per heavy atom. The summed E-state index contributed by atoms with van der Waals surface area (Å²) in [6.45, 7) is 1.21. The van der Waals surface area contributed by atoms with Crippen LogP contribution >= 0.6 is 11.6 Å². The summed E-state index contributed by atoms with van der Waals surface area (Å²) >= 11 is 5.65. The number of nitrogens with zero attached hydrogens (tertiary/aromatic N) is 2. The average Bonchev–Trinajstić information content (AvgIpc) is 2.14. The lowest BCUT2D eigenvalue weighted by Gasteiger charge is -2.21. The number of alkyl halides is 3. The van der Waals surface area contributed by atoms with Crippen molar-refractivity contribution in [3.8, 4) is 0 Å². The minimum absolute atomic E-state index is 0.149. The van der Waals surface area contributed by atoms with Crippen molar-refractivity contribution in [1.29, 1.82) is 0 Å². The van der Waals surface area contributed by atoms with Gasteiger partial charge in [0.1, 0.15) is 5.15 Å². The van der Waals surface area contributed by atoms with E-state index in [0.717, 1.165) is 0 Å². The molecule has 16 heavy (non-hydrogen) atoms. The molecule has 1 rings (SSSR count). The Hall–Kier alpha value is -0.810. The molecule has 0 unspecified atom stereocenters. The Bertz CT molecular complexity index is 341. The molecule has 0 radical (unpaired) electrons. The van der Waals surface area contributed by atoms with Crippen LogP contribution in [0, 0.1) is 0 Å². The molecule has 0 aromatic carbocycles. The Morgan fingerprint density at radius 2 is 2.06 bits per heavy atom. The summed E-state index contributed by atoms with van der Waals surface area (Å²) in [4.78, 5) is 5.21. The molecule has 2 nitrogen and oxygen atoms in total. The molecule has 1 aromatic heterocycles. The van der Waals surface area contributed by atoms with Gasteiger partial charge < -0.3 is 0 Å². The lowest BCUT2D eigenvalue weighted by molar-refractivity contribution is -0.146. The average molecular weight is 253 g/mol. The SMILES string of the molecule is CCN(Cc1cccc(Cl)n1)CC(F)(F)F. The molecule has 0 aliphatic rings. The lowest BCUT2D eigenvalue weighted by Crippen LogP contribution is -2.33. The van der Waals surface area contributed by atoms with Crippen LogP contribution in [0.5, 0.6) is 0 Å². The fourth-order valence-corrected chi connectivity index (χ4v) is 1.48. The number of aromatic nitrogens is 1. The van der Waals surface area contributed by atoms with E-state index in [1.165, 1.54) is 4.90 Å². The maximum atomic E-state index is 12.2. The summed E-state index contributed by atoms with van der Waals surface area (Å²) in [5.41, 5.74) is 0.540. The van der Waals surface area contributed by atoms with Crippen molar-refractivity contribution >= 4 is 11.6 Å². The van der Waals surface area contributed by atoms with Crippen LogP contribution in [0.25, 0.3) is 0 Å². The number of hydrogen-bond acceptors (Lipinski definition) is 2. The lowest BCUT2D eigenvalue weighted by atomic mass is 10.3. The van der Waals surface area contributed by atoms with Gasteiger partial charge in [-0.3, -0.25) is 4.90 Å². The highest BCUT2D eigenvalue weighted by atomic mass is 35.5. The Balaban J connectivity index is 2.63. The first-order chi connectivity index (χ1) is 7.40. The van der Waals surface area contributed by atoms with Crippen molar-refractivity contribution in [2.75, 3.05) is 13.1 Å². The third-order valence-electron chi connectivity index (χ3n) is 2.01. The summed E-state index contributed by atoms with van der Waals surface area (Å²) < 4.78 is 36.6. The van der Waals surface area contributed by atoms with Crippen molar-refractivity contribution in [2.24, 2.45) is 0 Å². The normalized spacial score (nSPS) is 12.1. The van der Waals surface area contributed by atoms with Crippen molar-refractivity contribution in [3.63, 3.8) is 0 Å². The van der Waals surface area contributed by atoms with E-state index in [9.17, 15) is 13.2 Å². The van der Waals surface area contributed by atoms with Gasteiger partial charge in [0.25, 0.3) is 0 Å². The fourth-order valence-electron chi connectivity index (χ4n) is 1.30. The highest BCUT2D eigenvalue weighted by Gasteiger charge is 2.30. The van der Waals surface area contributed by atoms with Crippen molar-refractivity contribution in [3.05, 3.63) is 29.0 Å². The predicted octanol–water partition coefficient (Wildman–Crippen LogP) is 3.12. The Labute approximate surface area is 97.0 Å². The van der Waals surface area contributed by atoms with Crippen molar-refractivity contribution in [1.82, 2.24) is 9.88 Å². The molecule has 0 amide bonds. The summed E-state index contributed by atoms with van der Waals surface area (Å²) in [5.74, 6) is 0. The maximum Gasteiger partial charge on any atom is 0.401 e. The molecule has 1 aromatic rings. The molecule has 0 atom stereocenters. The summed E-state index contributed by atoms with van der Waals surface area (Å²) in [7, 11) is 0. The zero-order valence-electron chi connectivity index (χ0n) is 8.76. The summed E-state index contributed by atoms with van der Waals surface area (Å²) in [5, 5.41) is 0.292. The van der Waals surface area contributed by atoms with Gasteiger partial charge in [-0.1, -0.05) is 24.6 Å². The molecular formula is C10H12ClF3N2. The molecule has 0 fully saturated rings. The molecule has 0 spiro atoms. The van der Waals surface area contributed by atoms with E-state index in [4.69, 9.17) is 11.6 Å². The molecular weight excluding hydrogens is 241 g/mol. The van der Waals surface area contributed by atoms with Crippen LogP contribution in [0.15, 0.2) is 18.2 Å². The number of rotatable bonds is 4. The van der Waals surface area contributed by atoms with E-state index in [2.05, 4.69) is 4.98 Å². The minimum atomic E-state index is -4.19. The molecule has 0 saturated carbocycles. The van der Waals surface area contributed by atoms with Gasteiger partial charge in [0.05, 0.1) is 12.2 Å². The molecule has 0 saturated heterocycles. The maximum absolute atomic E-state index is 12.2. The number of pyridine rings is 1. The van der Waals surface area contributed by atoms with Crippen LogP contribution in [0.2, 0.25) is 5.15 Å². The van der Waals surface area contributed by atoms with Crippen LogP contribution in [-0.4, -0.2) is 29.1 Å². The van der Waals surface area contributed by atoms with Crippen LogP contribution in [0.3, 0.4) is 0 Å². The standard InChI is InChI=1S/C10H12ClF3N2/c1-2-16(7-10(12,13)14)6-8-4-3-5-9(11)15-8/h3-5H,2,6-7H2,1H3. The van der Waals surface area contributed by atoms with Crippen LogP contribution < -0.4 is 0 Å². The van der Waals surface area contributed by atoms with Gasteiger partial charge in [0.15, 0.2) is 0 Å². The molecule has 0 bridgehead atoms. The second-order valence-corrected chi connectivity index (χ2v) is 3.76. The van der Waals surface area contributed by atoms with E-state index in [-0.39, 0.29) is 6.54 Å². The second kappa shape index (κ2) is 5.50. The van der Waals surface area contributed by atoms with Crippen LogP contribution in [0.4, 0.5) is 13.2 Å². The smallest absolute Gasteiger partial charge is 0.289 e. The third-order valence-corrected chi connectivity index (χ3v) is 2.22. The highest BCUT2D eigenvalue weighted by Crippen LogP contribution is 2.17. The first-order valence-corrected chi connectivity index (χ1v) is 5.19. The van der Waals surface area contributed by atoms with E-state index in [1.807, 2.05) is 0 Å². The van der Waals surface area contributed by atoms with Gasteiger partial charge in [0, 0.05) is 6.54 Å². The highest BCUT2D eigenvalue weighted by molar-refractivity contribution is 6.29. The summed E-state index contributed by atoms with van der Waals surface area (Å²) in [6, 6.07) is 4.92.